The molecule has 0 aliphatic heterocycles. The molecule has 0 saturated heterocycles. The van der Waals surface area contributed by atoms with Gasteiger partial charge in [-0.05, 0) is 0 Å². The van der Waals surface area contributed by atoms with Crippen LogP contribution in [0, 0.1) is 0 Å². The van der Waals surface area contributed by atoms with Crippen LogP contribution in [-0.2, 0) is 0 Å². The van der Waals surface area contributed by atoms with E-state index in [1.54, 1.807) is 0 Å². The number of rotatable bonds is 3. The Morgan fingerprint density at radius 2 is 1.50 bits per heavy atom. The highest BCUT2D eigenvalue weighted by Crippen LogP contribution is 2.38. The molecule has 7 heteroatoms. The van der Waals surface area contributed by atoms with Crippen molar-refractivity contribution in [1.82, 2.24) is 0 Å². The molecule has 2 N–H and O–H groups in total. The molecule has 1 atom stereocenters. The molecule has 0 aromatic carbocycles. The van der Waals surface area contributed by atoms with Crippen LogP contribution in [0.15, 0.2) is 0 Å². The zero-order chi connectivity index (χ0) is 9.99. The average molecular weight is 194 g/mol. The van der Waals surface area contributed by atoms with E-state index >= 15 is 0 Å². The molecular formula is C5H7F5O2. The van der Waals surface area contributed by atoms with Gasteiger partial charge in [0.25, 0.3) is 0 Å². The summed E-state index contributed by atoms with van der Waals surface area (Å²) in [6.07, 6.45) is -9.54. The van der Waals surface area contributed by atoms with Crippen molar-refractivity contribution in [1.29, 1.82) is 0 Å². The maximum atomic E-state index is 12.0. The van der Waals surface area contributed by atoms with E-state index in [-0.39, 0.29) is 0 Å². The molecule has 0 saturated carbocycles. The van der Waals surface area contributed by atoms with Gasteiger partial charge in [0.15, 0.2) is 0 Å². The van der Waals surface area contributed by atoms with E-state index in [1.165, 1.54) is 0 Å². The summed E-state index contributed by atoms with van der Waals surface area (Å²) in [5, 5.41) is 16.3. The zero-order valence-electron chi connectivity index (χ0n) is 5.78. The molecule has 0 aromatic rings. The van der Waals surface area contributed by atoms with Gasteiger partial charge < -0.3 is 10.2 Å². The van der Waals surface area contributed by atoms with Crippen LogP contribution in [0.3, 0.4) is 0 Å². The minimum atomic E-state index is -5.68. The number of aliphatic hydroxyl groups excluding tert-OH is 2. The first kappa shape index (κ1) is 11.6. The predicted molar refractivity (Wildman–Crippen MR) is 28.7 cm³/mol. The lowest BCUT2D eigenvalue weighted by Crippen LogP contribution is -2.40. The van der Waals surface area contributed by atoms with Crippen LogP contribution < -0.4 is 0 Å². The largest absolute Gasteiger partial charge is 0.453 e. The lowest BCUT2D eigenvalue weighted by atomic mass is 10.1. The Bertz CT molecular complexity index is 143. The summed E-state index contributed by atoms with van der Waals surface area (Å²) in [7, 11) is 0. The van der Waals surface area contributed by atoms with Gasteiger partial charge in [-0.1, -0.05) is 0 Å². The fourth-order valence-electron chi connectivity index (χ4n) is 0.476. The SMILES string of the molecule is OCC(O)CC(F)(F)C(F)(F)F. The van der Waals surface area contributed by atoms with E-state index in [0.29, 0.717) is 0 Å². The third-order valence-electron chi connectivity index (χ3n) is 1.12. The van der Waals surface area contributed by atoms with Crippen LogP contribution >= 0.6 is 0 Å². The molecule has 0 heterocycles. The number of aliphatic hydroxyl groups is 2. The number of hydrogen-bond donors (Lipinski definition) is 2. The third kappa shape index (κ3) is 2.90. The van der Waals surface area contributed by atoms with Crippen molar-refractivity contribution >= 4 is 0 Å². The van der Waals surface area contributed by atoms with Gasteiger partial charge in [-0.2, -0.15) is 22.0 Å². The van der Waals surface area contributed by atoms with E-state index in [4.69, 9.17) is 10.2 Å². The molecule has 0 radical (unpaired) electrons. The summed E-state index contributed by atoms with van der Waals surface area (Å²) in [6.45, 7) is -1.12. The molecule has 1 unspecified atom stereocenters. The standard InChI is InChI=1S/C5H7F5O2/c6-4(7,5(8,9)10)1-3(12)2-11/h3,11-12H,1-2H2. The maximum Gasteiger partial charge on any atom is 0.453 e. The summed E-state index contributed by atoms with van der Waals surface area (Å²) in [5.41, 5.74) is 0. The quantitative estimate of drug-likeness (QED) is 0.656. The first-order valence-electron chi connectivity index (χ1n) is 2.94. The minimum Gasteiger partial charge on any atom is -0.394 e. The molecule has 0 amide bonds. The highest BCUT2D eigenvalue weighted by molar-refractivity contribution is 4.78. The molecule has 0 bridgehead atoms. The summed E-state index contributed by atoms with van der Waals surface area (Å²) in [5.74, 6) is -4.95. The molecule has 0 aliphatic rings. The highest BCUT2D eigenvalue weighted by atomic mass is 19.4. The maximum absolute atomic E-state index is 12.0. The van der Waals surface area contributed by atoms with Crippen LogP contribution in [0.2, 0.25) is 0 Å². The Morgan fingerprint density at radius 1 is 1.08 bits per heavy atom. The topological polar surface area (TPSA) is 40.5 Å². The van der Waals surface area contributed by atoms with Gasteiger partial charge in [-0.3, -0.25) is 0 Å². The van der Waals surface area contributed by atoms with Crippen LogP contribution in [0.4, 0.5) is 22.0 Å². The van der Waals surface area contributed by atoms with Gasteiger partial charge in [0.05, 0.1) is 12.7 Å². The second-order valence-corrected chi connectivity index (χ2v) is 2.24. The lowest BCUT2D eigenvalue weighted by Gasteiger charge is -2.21. The average Bonchev–Trinajstić information content (AvgIpc) is 1.84. The van der Waals surface area contributed by atoms with Crippen LogP contribution in [0.1, 0.15) is 6.42 Å². The predicted octanol–water partition coefficient (Wildman–Crippen LogP) is 0.927. The number of alkyl halides is 5. The van der Waals surface area contributed by atoms with Gasteiger partial charge in [-0.15, -0.1) is 0 Å². The minimum absolute atomic E-state index is 1.12. The monoisotopic (exact) mass is 194 g/mol. The van der Waals surface area contributed by atoms with Crippen LogP contribution in [0.25, 0.3) is 0 Å². The first-order chi connectivity index (χ1) is 5.20. The van der Waals surface area contributed by atoms with E-state index in [1.807, 2.05) is 0 Å². The number of hydrogen-bond acceptors (Lipinski definition) is 2. The third-order valence-corrected chi connectivity index (χ3v) is 1.12. The van der Waals surface area contributed by atoms with Gasteiger partial charge in [0.1, 0.15) is 0 Å². The van der Waals surface area contributed by atoms with Gasteiger partial charge >= 0.3 is 12.1 Å². The normalized spacial score (nSPS) is 16.2. The van der Waals surface area contributed by atoms with Crippen molar-refractivity contribution in [3.63, 3.8) is 0 Å². The van der Waals surface area contributed by atoms with Gasteiger partial charge in [0, 0.05) is 6.42 Å². The molecule has 0 aromatic heterocycles. The molecule has 74 valence electrons. The number of halogens is 5. The second-order valence-electron chi connectivity index (χ2n) is 2.24. The fraction of sp³-hybridized carbons (Fsp3) is 1.00. The summed E-state index contributed by atoms with van der Waals surface area (Å²) in [6, 6.07) is 0. The summed E-state index contributed by atoms with van der Waals surface area (Å²) in [4.78, 5) is 0. The zero-order valence-corrected chi connectivity index (χ0v) is 5.78. The van der Waals surface area contributed by atoms with E-state index in [9.17, 15) is 22.0 Å². The molecule has 0 rings (SSSR count). The van der Waals surface area contributed by atoms with Crippen molar-refractivity contribution in [2.24, 2.45) is 0 Å². The van der Waals surface area contributed by atoms with Gasteiger partial charge in [0.2, 0.25) is 0 Å². The van der Waals surface area contributed by atoms with Crippen molar-refractivity contribution in [2.45, 2.75) is 24.6 Å². The van der Waals surface area contributed by atoms with E-state index in [0.717, 1.165) is 0 Å². The summed E-state index contributed by atoms with van der Waals surface area (Å²) >= 11 is 0. The molecule has 0 spiro atoms. The Hall–Kier alpha value is -0.430. The molecule has 2 nitrogen and oxygen atoms in total. The molecular weight excluding hydrogens is 187 g/mol. The van der Waals surface area contributed by atoms with E-state index in [2.05, 4.69) is 0 Å². The first-order valence-corrected chi connectivity index (χ1v) is 2.94. The lowest BCUT2D eigenvalue weighted by molar-refractivity contribution is -0.290. The van der Waals surface area contributed by atoms with Crippen LogP contribution in [0.5, 0.6) is 0 Å². The molecule has 12 heavy (non-hydrogen) atoms. The van der Waals surface area contributed by atoms with Gasteiger partial charge in [-0.25, -0.2) is 0 Å². The summed E-state index contributed by atoms with van der Waals surface area (Å²) < 4.78 is 58.1. The highest BCUT2D eigenvalue weighted by Gasteiger charge is 2.57. The Morgan fingerprint density at radius 3 is 1.75 bits per heavy atom. The van der Waals surface area contributed by atoms with Crippen molar-refractivity contribution in [3.8, 4) is 0 Å². The molecule has 0 aliphatic carbocycles. The van der Waals surface area contributed by atoms with E-state index < -0.39 is 31.2 Å². The second kappa shape index (κ2) is 3.53. The molecule has 0 fully saturated rings. The van der Waals surface area contributed by atoms with Crippen molar-refractivity contribution in [2.75, 3.05) is 6.61 Å². The fourth-order valence-corrected chi connectivity index (χ4v) is 0.476. The van der Waals surface area contributed by atoms with Crippen molar-refractivity contribution in [3.05, 3.63) is 0 Å². The van der Waals surface area contributed by atoms with Crippen LogP contribution in [-0.4, -0.2) is 35.0 Å². The Kier molecular flexibility index (Phi) is 3.40. The Labute approximate surface area is 64.6 Å². The van der Waals surface area contributed by atoms with Crippen molar-refractivity contribution < 1.29 is 32.2 Å². The smallest absolute Gasteiger partial charge is 0.394 e. The Balaban J connectivity index is 4.22.